The number of para-hydroxylation sites is 2. The zero-order valence-corrected chi connectivity index (χ0v) is 22.8. The van der Waals surface area contributed by atoms with E-state index in [2.05, 4.69) is 20.9 Å². The summed E-state index contributed by atoms with van der Waals surface area (Å²) in [6, 6.07) is 19.2. The van der Waals surface area contributed by atoms with Gasteiger partial charge in [-0.3, -0.25) is 9.59 Å². The molecule has 2 amide bonds. The van der Waals surface area contributed by atoms with Gasteiger partial charge < -0.3 is 25.6 Å². The summed E-state index contributed by atoms with van der Waals surface area (Å²) in [6.07, 6.45) is 4.40. The summed E-state index contributed by atoms with van der Waals surface area (Å²) < 4.78 is 2.19. The van der Waals surface area contributed by atoms with Crippen LogP contribution in [-0.2, 0) is 22.6 Å². The molecule has 2 atom stereocenters. The van der Waals surface area contributed by atoms with Crippen LogP contribution in [0.25, 0.3) is 22.2 Å². The predicted molar refractivity (Wildman–Crippen MR) is 155 cm³/mol. The standard InChI is InChI=1S/C31H36N6O3/c1-21(38)33-14-16-37-28-7-3-2-6-27(28)35-31(37)25-5-4-15-36(20-25)30(40)18-26(32)17-22-8-10-23(11-9-22)24-12-13-29(39)34-19-24/h2-3,6-13,19,25-26H,4-5,14-18,20,32H2,1H3,(H,33,38)(H,34,39). The number of hydrogen-bond donors (Lipinski definition) is 3. The summed E-state index contributed by atoms with van der Waals surface area (Å²) in [4.78, 5) is 35.5. The molecule has 0 spiro atoms. The van der Waals surface area contributed by atoms with Crippen LogP contribution in [0.5, 0.6) is 5.88 Å². The van der Waals surface area contributed by atoms with Crippen LogP contribution in [0.3, 0.4) is 0 Å². The molecule has 40 heavy (non-hydrogen) atoms. The Morgan fingerprint density at radius 1 is 1.10 bits per heavy atom. The summed E-state index contributed by atoms with van der Waals surface area (Å²) in [6.45, 7) is 4.02. The summed E-state index contributed by atoms with van der Waals surface area (Å²) >= 11 is 0. The molecule has 0 bridgehead atoms. The second-order valence-electron chi connectivity index (χ2n) is 10.5. The third-order valence-corrected chi connectivity index (χ3v) is 7.50. The van der Waals surface area contributed by atoms with Crippen molar-refractivity contribution in [3.63, 3.8) is 0 Å². The average molecular weight is 541 g/mol. The number of likely N-dealkylation sites (tertiary alicyclic amines) is 1. The van der Waals surface area contributed by atoms with Gasteiger partial charge in [0, 0.05) is 69.3 Å². The second kappa shape index (κ2) is 12.3. The van der Waals surface area contributed by atoms with E-state index in [4.69, 9.17) is 10.7 Å². The number of aromatic nitrogens is 3. The molecular weight excluding hydrogens is 504 g/mol. The Bertz CT molecular complexity index is 1460. The van der Waals surface area contributed by atoms with Crippen LogP contribution >= 0.6 is 0 Å². The number of nitrogens with zero attached hydrogens (tertiary/aromatic N) is 4. The van der Waals surface area contributed by atoms with Crippen molar-refractivity contribution in [2.24, 2.45) is 5.73 Å². The van der Waals surface area contributed by atoms with Crippen molar-refractivity contribution >= 4 is 22.8 Å². The van der Waals surface area contributed by atoms with Gasteiger partial charge in [-0.2, -0.15) is 0 Å². The smallest absolute Gasteiger partial charge is 0.224 e. The lowest BCUT2D eigenvalue weighted by Gasteiger charge is -2.33. The van der Waals surface area contributed by atoms with Gasteiger partial charge in [0.2, 0.25) is 17.7 Å². The van der Waals surface area contributed by atoms with Gasteiger partial charge in [0.05, 0.1) is 11.0 Å². The summed E-state index contributed by atoms with van der Waals surface area (Å²) in [5.41, 5.74) is 11.4. The molecule has 9 nitrogen and oxygen atoms in total. The van der Waals surface area contributed by atoms with Crippen LogP contribution in [0.1, 0.15) is 43.5 Å². The number of carbonyl (C=O) groups excluding carboxylic acids is 2. The molecule has 0 radical (unpaired) electrons. The van der Waals surface area contributed by atoms with Crippen molar-refractivity contribution in [2.45, 2.75) is 51.1 Å². The molecule has 2 unspecified atom stereocenters. The highest BCUT2D eigenvalue weighted by Gasteiger charge is 2.29. The van der Waals surface area contributed by atoms with Crippen LogP contribution < -0.4 is 11.1 Å². The third-order valence-electron chi connectivity index (χ3n) is 7.50. The van der Waals surface area contributed by atoms with Crippen LogP contribution in [0.4, 0.5) is 0 Å². The van der Waals surface area contributed by atoms with Gasteiger partial charge in [0.25, 0.3) is 0 Å². The molecule has 4 aromatic rings. The number of imidazole rings is 1. The number of carbonyl (C=O) groups is 2. The zero-order chi connectivity index (χ0) is 28.1. The molecular formula is C31H36N6O3. The maximum Gasteiger partial charge on any atom is 0.224 e. The first-order valence-corrected chi connectivity index (χ1v) is 13.8. The molecule has 2 aromatic carbocycles. The first-order chi connectivity index (χ1) is 19.4. The molecule has 1 fully saturated rings. The average Bonchev–Trinajstić information content (AvgIpc) is 3.32. The fourth-order valence-corrected chi connectivity index (χ4v) is 5.52. The number of aromatic hydroxyl groups is 1. The highest BCUT2D eigenvalue weighted by molar-refractivity contribution is 5.78. The van der Waals surface area contributed by atoms with E-state index in [0.717, 1.165) is 52.9 Å². The number of piperidine rings is 1. The highest BCUT2D eigenvalue weighted by Crippen LogP contribution is 2.30. The van der Waals surface area contributed by atoms with Crippen LogP contribution in [-0.4, -0.2) is 62.0 Å². The Morgan fingerprint density at radius 2 is 1.88 bits per heavy atom. The minimum absolute atomic E-state index is 0.00310. The van der Waals surface area contributed by atoms with Gasteiger partial charge in [-0.25, -0.2) is 9.97 Å². The monoisotopic (exact) mass is 540 g/mol. The number of amides is 2. The Labute approximate surface area is 234 Å². The lowest BCUT2D eigenvalue weighted by atomic mass is 9.95. The lowest BCUT2D eigenvalue weighted by molar-refractivity contribution is -0.132. The normalized spacial score (nSPS) is 16.1. The van der Waals surface area contributed by atoms with E-state index in [1.807, 2.05) is 53.4 Å². The maximum atomic E-state index is 13.3. The minimum Gasteiger partial charge on any atom is -0.493 e. The van der Waals surface area contributed by atoms with Gasteiger partial charge in [0.15, 0.2) is 0 Å². The van der Waals surface area contributed by atoms with Crippen LogP contribution in [0, 0.1) is 0 Å². The van der Waals surface area contributed by atoms with E-state index in [1.165, 1.54) is 6.92 Å². The Hall–Kier alpha value is -4.24. The van der Waals surface area contributed by atoms with Crippen molar-refractivity contribution in [3.05, 3.63) is 78.2 Å². The Morgan fingerprint density at radius 3 is 2.62 bits per heavy atom. The summed E-state index contributed by atoms with van der Waals surface area (Å²) in [7, 11) is 0. The number of hydrogen-bond acceptors (Lipinski definition) is 6. The second-order valence-corrected chi connectivity index (χ2v) is 10.5. The largest absolute Gasteiger partial charge is 0.493 e. The van der Waals surface area contributed by atoms with Gasteiger partial charge >= 0.3 is 0 Å². The van der Waals surface area contributed by atoms with Crippen molar-refractivity contribution < 1.29 is 14.7 Å². The molecule has 4 N–H and O–H groups in total. The fraction of sp³-hybridized carbons (Fsp3) is 0.355. The number of nitrogens with one attached hydrogen (secondary N) is 1. The van der Waals surface area contributed by atoms with Crippen molar-refractivity contribution in [1.82, 2.24) is 24.8 Å². The number of pyridine rings is 1. The van der Waals surface area contributed by atoms with Crippen molar-refractivity contribution in [2.75, 3.05) is 19.6 Å². The maximum absolute atomic E-state index is 13.3. The summed E-state index contributed by atoms with van der Waals surface area (Å²) in [5.74, 6) is 1.11. The Kier molecular flexibility index (Phi) is 8.40. The van der Waals surface area contributed by atoms with Gasteiger partial charge in [-0.1, -0.05) is 36.4 Å². The van der Waals surface area contributed by atoms with Gasteiger partial charge in [0.1, 0.15) is 5.82 Å². The molecule has 5 rings (SSSR count). The molecule has 1 aliphatic rings. The quantitative estimate of drug-likeness (QED) is 0.298. The molecule has 1 aliphatic heterocycles. The molecule has 2 aromatic heterocycles. The highest BCUT2D eigenvalue weighted by atomic mass is 16.3. The minimum atomic E-state index is -0.281. The molecule has 0 aliphatic carbocycles. The first kappa shape index (κ1) is 27.3. The van der Waals surface area contributed by atoms with E-state index in [0.29, 0.717) is 26.1 Å². The molecule has 9 heteroatoms. The van der Waals surface area contributed by atoms with Gasteiger partial charge in [-0.05, 0) is 48.6 Å². The van der Waals surface area contributed by atoms with Crippen molar-refractivity contribution in [1.29, 1.82) is 0 Å². The van der Waals surface area contributed by atoms with E-state index >= 15 is 0 Å². The number of nitrogens with two attached hydrogens (primary N) is 1. The zero-order valence-electron chi connectivity index (χ0n) is 22.8. The summed E-state index contributed by atoms with van der Waals surface area (Å²) in [5, 5.41) is 12.3. The van der Waals surface area contributed by atoms with E-state index in [1.54, 1.807) is 12.3 Å². The molecule has 208 valence electrons. The number of fused-ring (bicyclic) bond motifs is 1. The van der Waals surface area contributed by atoms with E-state index in [9.17, 15) is 14.7 Å². The third kappa shape index (κ3) is 6.48. The number of rotatable bonds is 9. The van der Waals surface area contributed by atoms with Gasteiger partial charge in [-0.15, -0.1) is 0 Å². The predicted octanol–water partition coefficient (Wildman–Crippen LogP) is 3.61. The number of benzene rings is 2. The van der Waals surface area contributed by atoms with Crippen molar-refractivity contribution in [3.8, 4) is 17.0 Å². The van der Waals surface area contributed by atoms with E-state index < -0.39 is 0 Å². The first-order valence-electron chi connectivity index (χ1n) is 13.8. The lowest BCUT2D eigenvalue weighted by Crippen LogP contribution is -2.42. The van der Waals surface area contributed by atoms with Crippen LogP contribution in [0.15, 0.2) is 66.9 Å². The van der Waals surface area contributed by atoms with Crippen LogP contribution in [0.2, 0.25) is 0 Å². The Balaban J connectivity index is 1.21. The molecule has 0 saturated carbocycles. The topological polar surface area (TPSA) is 126 Å². The molecule has 3 heterocycles. The molecule has 1 saturated heterocycles. The van der Waals surface area contributed by atoms with E-state index in [-0.39, 0.29) is 36.1 Å². The SMILES string of the molecule is CC(=O)NCCn1c(C2CCCN(C(=O)CC(N)Cc3ccc(-c4ccc(O)nc4)cc3)C2)nc2ccccc21. The fourth-order valence-electron chi connectivity index (χ4n) is 5.52.